The smallest absolute Gasteiger partial charge is 0.306 e. The van der Waals surface area contributed by atoms with Crippen molar-refractivity contribution in [3.8, 4) is 28.7 Å². The number of carbonyl (C=O) groups excluding carboxylic acids is 2. The van der Waals surface area contributed by atoms with Crippen LogP contribution in [0.2, 0.25) is 0 Å². The van der Waals surface area contributed by atoms with E-state index >= 15 is 0 Å². The molecular formula is C52H70N2O12+2. The van der Waals surface area contributed by atoms with Gasteiger partial charge in [-0.3, -0.25) is 9.59 Å². The van der Waals surface area contributed by atoms with Crippen molar-refractivity contribution >= 4 is 11.9 Å². The maximum absolute atomic E-state index is 12.9. The molecule has 0 bridgehead atoms. The summed E-state index contributed by atoms with van der Waals surface area (Å²) < 4.78 is 40.8. The number of hydrogen-bond donors (Lipinski definition) is 3. The first-order chi connectivity index (χ1) is 31.9. The summed E-state index contributed by atoms with van der Waals surface area (Å²) in [5.74, 6) is 2.50. The van der Waals surface area contributed by atoms with Crippen LogP contribution in [0.15, 0.2) is 60.7 Å². The minimum Gasteiger partial charge on any atom is -0.496 e. The monoisotopic (exact) mass is 914 g/mol. The second kappa shape index (κ2) is 22.9. The lowest BCUT2D eigenvalue weighted by Gasteiger charge is -2.46. The number of benzene rings is 4. The Hall–Kier alpha value is -5.38. The van der Waals surface area contributed by atoms with E-state index in [1.165, 1.54) is 11.1 Å². The normalized spacial score (nSPS) is 19.8. The average Bonchev–Trinajstić information content (AvgIpc) is 3.34. The van der Waals surface area contributed by atoms with E-state index in [2.05, 4.69) is 32.3 Å². The summed E-state index contributed by atoms with van der Waals surface area (Å²) in [6, 6.07) is 20.2. The number of likely N-dealkylation sites (N-methyl/N-ethyl adjacent to an activating group) is 2. The van der Waals surface area contributed by atoms with Gasteiger partial charge >= 0.3 is 11.9 Å². The van der Waals surface area contributed by atoms with Gasteiger partial charge in [0.25, 0.3) is 0 Å². The van der Waals surface area contributed by atoms with Gasteiger partial charge in [0, 0.05) is 55.2 Å². The first-order valence-electron chi connectivity index (χ1n) is 22.9. The van der Waals surface area contributed by atoms with Crippen molar-refractivity contribution in [2.45, 2.75) is 83.3 Å². The second-order valence-corrected chi connectivity index (χ2v) is 18.0. The molecule has 0 aromatic heterocycles. The number of ether oxygens (including phenoxy) is 7. The number of aliphatic hydroxyl groups is 3. The molecule has 2 heterocycles. The van der Waals surface area contributed by atoms with E-state index in [0.717, 1.165) is 77.7 Å². The summed E-state index contributed by atoms with van der Waals surface area (Å²) in [7, 11) is 12.6. The third-order valence-electron chi connectivity index (χ3n) is 14.0. The molecule has 0 amide bonds. The van der Waals surface area contributed by atoms with Crippen molar-refractivity contribution in [1.82, 2.24) is 0 Å². The number of nitrogens with zero attached hydrogens (tertiary/aromatic N) is 2. The fourth-order valence-electron chi connectivity index (χ4n) is 10.0. The highest BCUT2D eigenvalue weighted by Gasteiger charge is 2.41. The Morgan fingerprint density at radius 1 is 0.530 bits per heavy atom. The van der Waals surface area contributed by atoms with Crippen LogP contribution in [0.25, 0.3) is 0 Å². The van der Waals surface area contributed by atoms with Crippen LogP contribution in [0.4, 0.5) is 0 Å². The molecule has 66 heavy (non-hydrogen) atoms. The molecule has 0 aliphatic carbocycles. The predicted octanol–water partition coefficient (Wildman–Crippen LogP) is 6.13. The van der Waals surface area contributed by atoms with Gasteiger partial charge < -0.3 is 57.4 Å². The molecule has 2 aliphatic heterocycles. The molecule has 4 aromatic carbocycles. The Labute approximate surface area is 389 Å². The van der Waals surface area contributed by atoms with Crippen LogP contribution in [0.5, 0.6) is 28.7 Å². The molecule has 0 fully saturated rings. The Morgan fingerprint density at radius 2 is 0.970 bits per heavy atom. The molecule has 358 valence electrons. The molecular weight excluding hydrogens is 845 g/mol. The molecule has 14 heteroatoms. The van der Waals surface area contributed by atoms with Crippen molar-refractivity contribution < 1.29 is 67.0 Å². The van der Waals surface area contributed by atoms with Crippen molar-refractivity contribution in [3.05, 3.63) is 111 Å². The van der Waals surface area contributed by atoms with Crippen LogP contribution in [0.3, 0.4) is 0 Å². The van der Waals surface area contributed by atoms with E-state index in [9.17, 15) is 24.9 Å². The summed E-state index contributed by atoms with van der Waals surface area (Å²) >= 11 is 0. The van der Waals surface area contributed by atoms with Gasteiger partial charge in [-0.15, -0.1) is 0 Å². The standard InChI is InChI=1S/C52H70N2O12/c1-53(20-16-37-28-40(33-56)41(34-57)29-42(37)44(53)24-35-10-12-39(32-55)47(26-35)61-4)18-8-22-65-51(58)14-15-52(59)66-23-9-19-54(2)21-17-38-30-49(63-6)50(64-7)31-43(38)45(54)25-36-11-13-46(60-3)48(27-36)62-5/h10-13,26-31,44-45,55-57H,8-9,14-25,32-34H2,1-7H3/q+2. The number of quaternary nitrogens is 2. The summed E-state index contributed by atoms with van der Waals surface area (Å²) in [4.78, 5) is 25.8. The lowest BCUT2D eigenvalue weighted by atomic mass is 9.84. The second-order valence-electron chi connectivity index (χ2n) is 18.0. The van der Waals surface area contributed by atoms with Gasteiger partial charge in [-0.2, -0.15) is 0 Å². The molecule has 0 saturated heterocycles. The third kappa shape index (κ3) is 11.6. The number of hydrogen-bond acceptors (Lipinski definition) is 12. The van der Waals surface area contributed by atoms with Gasteiger partial charge in [0.05, 0.1) is 122 Å². The van der Waals surface area contributed by atoms with E-state index < -0.39 is 11.9 Å². The highest BCUT2D eigenvalue weighted by molar-refractivity contribution is 5.77. The first kappa shape index (κ1) is 50.0. The average molecular weight is 915 g/mol. The third-order valence-corrected chi connectivity index (χ3v) is 14.0. The largest absolute Gasteiger partial charge is 0.496 e. The number of methoxy groups -OCH3 is 5. The maximum atomic E-state index is 12.9. The molecule has 2 aliphatic rings. The molecule has 0 spiro atoms. The zero-order valence-corrected chi connectivity index (χ0v) is 39.9. The lowest BCUT2D eigenvalue weighted by molar-refractivity contribution is -0.941. The van der Waals surface area contributed by atoms with Crippen LogP contribution in [-0.4, -0.2) is 125 Å². The summed E-state index contributed by atoms with van der Waals surface area (Å²) in [6.07, 6.45) is 4.20. The zero-order chi connectivity index (χ0) is 47.4. The Kier molecular flexibility index (Phi) is 17.4. The van der Waals surface area contributed by atoms with E-state index in [1.807, 2.05) is 42.5 Å². The van der Waals surface area contributed by atoms with Crippen molar-refractivity contribution in [2.24, 2.45) is 0 Å². The maximum Gasteiger partial charge on any atom is 0.306 e. The van der Waals surface area contributed by atoms with Crippen LogP contribution in [0.1, 0.15) is 87.8 Å². The van der Waals surface area contributed by atoms with Crippen LogP contribution in [0, 0.1) is 0 Å². The SMILES string of the molecule is COc1cc(CC2c3cc(CO)c(CO)cc3CC[N+]2(C)CCCOC(=O)CCC(=O)OCCC[N+]2(C)CCc3cc(OC)c(OC)cc3C2Cc2ccc(OC)c(OC)c2)ccc1CO. The fraction of sp³-hybridized carbons (Fsp3) is 0.500. The van der Waals surface area contributed by atoms with Crippen LogP contribution in [-0.2, 0) is 64.6 Å². The number of aliphatic hydroxyl groups excluding tert-OH is 3. The number of fused-ring (bicyclic) bond motifs is 2. The number of esters is 2. The Balaban J connectivity index is 1.01. The molecule has 0 radical (unpaired) electrons. The lowest BCUT2D eigenvalue weighted by Crippen LogP contribution is -2.52. The van der Waals surface area contributed by atoms with Crippen molar-refractivity contribution in [3.63, 3.8) is 0 Å². The van der Waals surface area contributed by atoms with Gasteiger partial charge in [-0.25, -0.2) is 0 Å². The molecule has 4 atom stereocenters. The van der Waals surface area contributed by atoms with E-state index in [-0.39, 0.29) is 58.0 Å². The van der Waals surface area contributed by atoms with Crippen molar-refractivity contribution in [2.75, 3.05) is 89.0 Å². The summed E-state index contributed by atoms with van der Waals surface area (Å²) in [5.41, 5.74) is 9.01. The molecule has 6 rings (SSSR count). The Bertz CT molecular complexity index is 2140. The minimum atomic E-state index is -0.439. The van der Waals surface area contributed by atoms with E-state index in [4.69, 9.17) is 33.2 Å². The van der Waals surface area contributed by atoms with Gasteiger partial charge in [0.15, 0.2) is 23.0 Å². The van der Waals surface area contributed by atoms with Gasteiger partial charge in [0.1, 0.15) is 17.8 Å². The highest BCUT2D eigenvalue weighted by Crippen LogP contribution is 2.44. The van der Waals surface area contributed by atoms with Gasteiger partial charge in [-0.1, -0.05) is 24.3 Å². The zero-order valence-electron chi connectivity index (χ0n) is 39.9. The Morgan fingerprint density at radius 3 is 1.48 bits per heavy atom. The molecule has 4 unspecified atom stereocenters. The topological polar surface area (TPSA) is 159 Å². The van der Waals surface area contributed by atoms with Gasteiger partial charge in [-0.05, 0) is 69.8 Å². The van der Waals surface area contributed by atoms with E-state index in [1.54, 1.807) is 35.5 Å². The number of carbonyl (C=O) groups is 2. The number of rotatable bonds is 23. The summed E-state index contributed by atoms with van der Waals surface area (Å²) in [6.45, 7) is 3.22. The fourth-order valence-corrected chi connectivity index (χ4v) is 10.0. The summed E-state index contributed by atoms with van der Waals surface area (Å²) in [5, 5.41) is 30.0. The van der Waals surface area contributed by atoms with Gasteiger partial charge in [0.2, 0.25) is 0 Å². The van der Waals surface area contributed by atoms with Crippen molar-refractivity contribution in [1.29, 1.82) is 0 Å². The predicted molar refractivity (Wildman–Crippen MR) is 249 cm³/mol. The quantitative estimate of drug-likeness (QED) is 0.0445. The molecule has 3 N–H and O–H groups in total. The molecule has 4 aromatic rings. The van der Waals surface area contributed by atoms with E-state index in [0.29, 0.717) is 63.6 Å². The molecule has 14 nitrogen and oxygen atoms in total. The highest BCUT2D eigenvalue weighted by atomic mass is 16.5. The molecule has 0 saturated carbocycles. The van der Waals surface area contributed by atoms with Crippen LogP contribution >= 0.6 is 0 Å². The first-order valence-corrected chi connectivity index (χ1v) is 22.9. The minimum absolute atomic E-state index is 0.00774. The van der Waals surface area contributed by atoms with Crippen LogP contribution < -0.4 is 23.7 Å².